The maximum absolute atomic E-state index is 6.03. The summed E-state index contributed by atoms with van der Waals surface area (Å²) in [6, 6.07) is 13.3. The van der Waals surface area contributed by atoms with E-state index in [4.69, 9.17) is 27.9 Å². The predicted molar refractivity (Wildman–Crippen MR) is 84.6 cm³/mol. The molecule has 2 aromatic carbocycles. The Morgan fingerprint density at radius 3 is 2.63 bits per heavy atom. The fourth-order valence-electron chi connectivity index (χ4n) is 1.55. The number of benzene rings is 2. The van der Waals surface area contributed by atoms with Gasteiger partial charge in [-0.05, 0) is 40.2 Å². The smallest absolute Gasteiger partial charge is 0.139 e. The zero-order valence-electron chi connectivity index (χ0n) is 10.00. The van der Waals surface area contributed by atoms with E-state index in [2.05, 4.69) is 21.2 Å². The molecule has 0 heterocycles. The summed E-state index contributed by atoms with van der Waals surface area (Å²) >= 11 is 15.4. The molecular weight excluding hydrogens is 349 g/mol. The monoisotopic (exact) mass is 359 g/mol. The van der Waals surface area contributed by atoms with E-state index in [1.54, 1.807) is 12.1 Å². The van der Waals surface area contributed by atoms with Gasteiger partial charge < -0.3 is 10.1 Å². The molecule has 0 aromatic heterocycles. The quantitative estimate of drug-likeness (QED) is 0.735. The summed E-state index contributed by atoms with van der Waals surface area (Å²) in [7, 11) is 0. The van der Waals surface area contributed by atoms with Crippen LogP contribution in [0.3, 0.4) is 0 Å². The van der Waals surface area contributed by atoms with Crippen LogP contribution >= 0.6 is 39.1 Å². The lowest BCUT2D eigenvalue weighted by atomic mass is 10.3. The van der Waals surface area contributed by atoms with Gasteiger partial charge in [0.25, 0.3) is 0 Å². The van der Waals surface area contributed by atoms with Gasteiger partial charge in [0, 0.05) is 16.7 Å². The van der Waals surface area contributed by atoms with Gasteiger partial charge in [-0.1, -0.05) is 41.4 Å². The highest BCUT2D eigenvalue weighted by molar-refractivity contribution is 9.10. The summed E-state index contributed by atoms with van der Waals surface area (Å²) in [6.07, 6.45) is 0. The molecule has 2 aromatic rings. The summed E-state index contributed by atoms with van der Waals surface area (Å²) in [4.78, 5) is 0. The van der Waals surface area contributed by atoms with Crippen LogP contribution in [-0.4, -0.2) is 13.2 Å². The van der Waals surface area contributed by atoms with Crippen molar-refractivity contribution in [3.63, 3.8) is 0 Å². The highest BCUT2D eigenvalue weighted by Gasteiger charge is 2.05. The molecule has 0 aliphatic rings. The first-order valence-corrected chi connectivity index (χ1v) is 7.28. The van der Waals surface area contributed by atoms with Crippen LogP contribution in [0.25, 0.3) is 0 Å². The van der Waals surface area contributed by atoms with Crippen molar-refractivity contribution < 1.29 is 4.74 Å². The molecule has 0 radical (unpaired) electrons. The summed E-state index contributed by atoms with van der Waals surface area (Å²) in [6.45, 7) is 1.17. The van der Waals surface area contributed by atoms with E-state index in [-0.39, 0.29) is 0 Å². The van der Waals surface area contributed by atoms with Gasteiger partial charge in [0.15, 0.2) is 0 Å². The minimum Gasteiger partial charge on any atom is -0.490 e. The third-order valence-corrected chi connectivity index (χ3v) is 3.96. The molecule has 0 saturated heterocycles. The van der Waals surface area contributed by atoms with Crippen LogP contribution in [0.15, 0.2) is 46.9 Å². The fourth-order valence-corrected chi connectivity index (χ4v) is 2.32. The number of para-hydroxylation sites is 1. The second kappa shape index (κ2) is 7.04. The molecule has 0 fully saturated rings. The van der Waals surface area contributed by atoms with Gasteiger partial charge in [0.1, 0.15) is 17.4 Å². The van der Waals surface area contributed by atoms with Crippen molar-refractivity contribution in [3.8, 4) is 5.75 Å². The molecular formula is C14H12BrCl2NO. The van der Waals surface area contributed by atoms with E-state index in [9.17, 15) is 0 Å². The van der Waals surface area contributed by atoms with Gasteiger partial charge in [-0.15, -0.1) is 0 Å². The normalized spacial score (nSPS) is 10.3. The standard InChI is InChI=1S/C14H12BrCl2NO/c15-10-4-1-2-6-12(10)18-8-9-19-13-7-3-5-11(16)14(13)17/h1-7,18H,8-9H2. The Hall–Kier alpha value is -0.900. The summed E-state index contributed by atoms with van der Waals surface area (Å²) < 4.78 is 6.61. The molecule has 0 spiro atoms. The minimum atomic E-state index is 0.449. The van der Waals surface area contributed by atoms with Crippen LogP contribution in [0.4, 0.5) is 5.69 Å². The molecule has 0 amide bonds. The van der Waals surface area contributed by atoms with Crippen LogP contribution in [0, 0.1) is 0 Å². The van der Waals surface area contributed by atoms with E-state index in [0.717, 1.165) is 10.2 Å². The van der Waals surface area contributed by atoms with Crippen LogP contribution < -0.4 is 10.1 Å². The van der Waals surface area contributed by atoms with Crippen molar-refractivity contribution in [2.45, 2.75) is 0 Å². The molecule has 0 unspecified atom stereocenters. The molecule has 100 valence electrons. The molecule has 5 heteroatoms. The van der Waals surface area contributed by atoms with Gasteiger partial charge >= 0.3 is 0 Å². The first-order chi connectivity index (χ1) is 9.18. The number of hydrogen-bond donors (Lipinski definition) is 1. The van der Waals surface area contributed by atoms with Crippen molar-refractivity contribution in [1.82, 2.24) is 0 Å². The van der Waals surface area contributed by atoms with Crippen LogP contribution in [0.2, 0.25) is 10.0 Å². The highest BCUT2D eigenvalue weighted by Crippen LogP contribution is 2.31. The summed E-state index contributed by atoms with van der Waals surface area (Å²) in [5.41, 5.74) is 1.03. The first-order valence-electron chi connectivity index (χ1n) is 5.73. The molecule has 0 bridgehead atoms. The maximum atomic E-state index is 6.03. The zero-order valence-corrected chi connectivity index (χ0v) is 13.1. The average molecular weight is 361 g/mol. The first kappa shape index (κ1) is 14.5. The number of nitrogens with one attached hydrogen (secondary N) is 1. The number of hydrogen-bond acceptors (Lipinski definition) is 2. The third kappa shape index (κ3) is 4.03. The van der Waals surface area contributed by atoms with E-state index in [1.807, 2.05) is 30.3 Å². The van der Waals surface area contributed by atoms with Crippen molar-refractivity contribution in [1.29, 1.82) is 0 Å². The molecule has 0 aliphatic heterocycles. The SMILES string of the molecule is Clc1cccc(OCCNc2ccccc2Br)c1Cl. The molecule has 19 heavy (non-hydrogen) atoms. The lowest BCUT2D eigenvalue weighted by Crippen LogP contribution is -2.11. The molecule has 0 saturated carbocycles. The molecule has 0 aliphatic carbocycles. The maximum Gasteiger partial charge on any atom is 0.139 e. The Labute approximate surface area is 130 Å². The summed E-state index contributed by atoms with van der Waals surface area (Å²) in [5, 5.41) is 4.22. The van der Waals surface area contributed by atoms with E-state index >= 15 is 0 Å². The van der Waals surface area contributed by atoms with Crippen LogP contribution in [0.1, 0.15) is 0 Å². The van der Waals surface area contributed by atoms with Gasteiger partial charge in [0.2, 0.25) is 0 Å². The third-order valence-electron chi connectivity index (χ3n) is 2.47. The Morgan fingerprint density at radius 2 is 1.84 bits per heavy atom. The summed E-state index contributed by atoms with van der Waals surface area (Å²) in [5.74, 6) is 0.600. The average Bonchev–Trinajstić information content (AvgIpc) is 2.41. The van der Waals surface area contributed by atoms with Gasteiger partial charge in [-0.3, -0.25) is 0 Å². The van der Waals surface area contributed by atoms with E-state index in [1.165, 1.54) is 0 Å². The van der Waals surface area contributed by atoms with Gasteiger partial charge in [-0.25, -0.2) is 0 Å². The van der Waals surface area contributed by atoms with Crippen molar-refractivity contribution in [3.05, 3.63) is 57.0 Å². The van der Waals surface area contributed by atoms with Crippen molar-refractivity contribution in [2.75, 3.05) is 18.5 Å². The van der Waals surface area contributed by atoms with Crippen LogP contribution in [0.5, 0.6) is 5.75 Å². The van der Waals surface area contributed by atoms with Crippen LogP contribution in [-0.2, 0) is 0 Å². The second-order valence-corrected chi connectivity index (χ2v) is 5.45. The predicted octanol–water partition coefficient (Wildman–Crippen LogP) is 5.25. The Balaban J connectivity index is 1.84. The van der Waals surface area contributed by atoms with Crippen molar-refractivity contribution >= 4 is 44.8 Å². The zero-order chi connectivity index (χ0) is 13.7. The minimum absolute atomic E-state index is 0.449. The molecule has 1 N–H and O–H groups in total. The Morgan fingerprint density at radius 1 is 1.05 bits per heavy atom. The highest BCUT2D eigenvalue weighted by atomic mass is 79.9. The molecule has 2 nitrogen and oxygen atoms in total. The van der Waals surface area contributed by atoms with E-state index < -0.39 is 0 Å². The number of rotatable bonds is 5. The number of halogens is 3. The number of ether oxygens (including phenoxy) is 1. The van der Waals surface area contributed by atoms with E-state index in [0.29, 0.717) is 28.9 Å². The Kier molecular flexibility index (Phi) is 5.37. The lowest BCUT2D eigenvalue weighted by molar-refractivity contribution is 0.333. The second-order valence-electron chi connectivity index (χ2n) is 3.81. The molecule has 0 atom stereocenters. The number of anilines is 1. The topological polar surface area (TPSA) is 21.3 Å². The largest absolute Gasteiger partial charge is 0.490 e. The van der Waals surface area contributed by atoms with Gasteiger partial charge in [-0.2, -0.15) is 0 Å². The fraction of sp³-hybridized carbons (Fsp3) is 0.143. The molecule has 2 rings (SSSR count). The Bertz CT molecular complexity index is 563. The van der Waals surface area contributed by atoms with Gasteiger partial charge in [0.05, 0.1) is 5.02 Å². The lowest BCUT2D eigenvalue weighted by Gasteiger charge is -2.11. The van der Waals surface area contributed by atoms with Crippen molar-refractivity contribution in [2.24, 2.45) is 0 Å².